The molecule has 0 fully saturated rings. The molecule has 0 aliphatic heterocycles. The van der Waals surface area contributed by atoms with Gasteiger partial charge in [-0.2, -0.15) is 0 Å². The summed E-state index contributed by atoms with van der Waals surface area (Å²) in [7, 11) is 0. The molecular weight excluding hydrogens is 352 g/mol. The molecule has 6 heteroatoms. The van der Waals surface area contributed by atoms with Crippen LogP contribution in [0.1, 0.15) is 33.2 Å². The summed E-state index contributed by atoms with van der Waals surface area (Å²) in [6.07, 6.45) is 0. The molecule has 21 heavy (non-hydrogen) atoms. The molecule has 0 aliphatic rings. The molecule has 1 aromatic carbocycles. The molecule has 0 unspecified atom stereocenters. The first kappa shape index (κ1) is 15.7. The largest absolute Gasteiger partial charge is 0.352 e. The molecule has 1 heterocycles. The van der Waals surface area contributed by atoms with E-state index in [1.54, 1.807) is 29.6 Å². The summed E-state index contributed by atoms with van der Waals surface area (Å²) in [4.78, 5) is 23.8. The molecule has 2 N–H and O–H groups in total. The van der Waals surface area contributed by atoms with Crippen molar-refractivity contribution in [1.29, 1.82) is 0 Å². The van der Waals surface area contributed by atoms with E-state index in [9.17, 15) is 9.59 Å². The molecule has 2 aromatic rings. The van der Waals surface area contributed by atoms with Crippen LogP contribution >= 0.6 is 27.3 Å². The van der Waals surface area contributed by atoms with Crippen molar-refractivity contribution in [1.82, 2.24) is 5.32 Å². The third-order valence-corrected chi connectivity index (χ3v) is 4.41. The Labute approximate surface area is 135 Å². The van der Waals surface area contributed by atoms with E-state index in [2.05, 4.69) is 26.6 Å². The molecule has 0 bridgehead atoms. The first-order chi connectivity index (χ1) is 10.0. The van der Waals surface area contributed by atoms with E-state index in [0.29, 0.717) is 23.4 Å². The van der Waals surface area contributed by atoms with Crippen LogP contribution in [0.3, 0.4) is 0 Å². The highest BCUT2D eigenvalue weighted by Crippen LogP contribution is 2.23. The second-order valence-electron chi connectivity index (χ2n) is 4.48. The number of hydrogen-bond acceptors (Lipinski definition) is 3. The molecule has 2 amide bonds. The van der Waals surface area contributed by atoms with Gasteiger partial charge in [-0.25, -0.2) is 0 Å². The molecule has 0 radical (unpaired) electrons. The number of anilines is 1. The van der Waals surface area contributed by atoms with Crippen LogP contribution in [0.25, 0.3) is 0 Å². The number of rotatable bonds is 4. The van der Waals surface area contributed by atoms with Gasteiger partial charge < -0.3 is 10.6 Å². The van der Waals surface area contributed by atoms with Gasteiger partial charge in [0.05, 0.1) is 9.35 Å². The number of aryl methyl sites for hydroxylation is 1. The fraction of sp³-hybridized carbons (Fsp3) is 0.200. The van der Waals surface area contributed by atoms with E-state index < -0.39 is 0 Å². The minimum absolute atomic E-state index is 0.111. The number of thiophene rings is 1. The van der Waals surface area contributed by atoms with Crippen LogP contribution in [0, 0.1) is 6.92 Å². The number of benzene rings is 1. The maximum absolute atomic E-state index is 12.1. The Morgan fingerprint density at radius 2 is 1.95 bits per heavy atom. The lowest BCUT2D eigenvalue weighted by atomic mass is 10.1. The van der Waals surface area contributed by atoms with Crippen molar-refractivity contribution in [2.45, 2.75) is 13.8 Å². The zero-order valence-corrected chi connectivity index (χ0v) is 14.1. The van der Waals surface area contributed by atoms with Gasteiger partial charge in [0.1, 0.15) is 0 Å². The quantitative estimate of drug-likeness (QED) is 0.863. The Morgan fingerprint density at radius 1 is 1.19 bits per heavy atom. The van der Waals surface area contributed by atoms with Crippen molar-refractivity contribution in [2.75, 3.05) is 11.9 Å². The fourth-order valence-corrected chi connectivity index (χ4v) is 2.97. The normalized spacial score (nSPS) is 10.2. The Balaban J connectivity index is 2.14. The molecule has 2 rings (SSSR count). The second kappa shape index (κ2) is 6.87. The second-order valence-corrected chi connectivity index (χ2v) is 6.77. The highest BCUT2D eigenvalue weighted by Gasteiger charge is 2.11. The van der Waals surface area contributed by atoms with Crippen LogP contribution in [-0.4, -0.2) is 18.4 Å². The third-order valence-electron chi connectivity index (χ3n) is 2.90. The van der Waals surface area contributed by atoms with Crippen molar-refractivity contribution >= 4 is 44.8 Å². The van der Waals surface area contributed by atoms with Crippen LogP contribution in [0.2, 0.25) is 0 Å². The maximum Gasteiger partial charge on any atom is 0.256 e. The van der Waals surface area contributed by atoms with Gasteiger partial charge in [-0.1, -0.05) is 0 Å². The summed E-state index contributed by atoms with van der Waals surface area (Å²) < 4.78 is 0.913. The standard InChI is InChI=1S/C15H15BrN2O2S/c1-3-17-14(19)10-4-5-12(9(2)6-10)18-15(20)11-7-13(16)21-8-11/h4-8H,3H2,1-2H3,(H,17,19)(H,18,20). The van der Waals surface area contributed by atoms with Gasteiger partial charge in [0.25, 0.3) is 11.8 Å². The van der Waals surface area contributed by atoms with Crippen molar-refractivity contribution in [3.63, 3.8) is 0 Å². The molecule has 0 saturated carbocycles. The van der Waals surface area contributed by atoms with E-state index in [0.717, 1.165) is 9.35 Å². The average Bonchev–Trinajstić information content (AvgIpc) is 2.88. The van der Waals surface area contributed by atoms with Crippen molar-refractivity contribution in [2.24, 2.45) is 0 Å². The highest BCUT2D eigenvalue weighted by molar-refractivity contribution is 9.11. The van der Waals surface area contributed by atoms with Gasteiger partial charge in [0.2, 0.25) is 0 Å². The first-order valence-corrected chi connectivity index (χ1v) is 8.12. The third kappa shape index (κ3) is 3.92. The van der Waals surface area contributed by atoms with Crippen molar-refractivity contribution in [3.05, 3.63) is 50.1 Å². The van der Waals surface area contributed by atoms with E-state index in [1.807, 2.05) is 13.8 Å². The molecule has 0 saturated heterocycles. The van der Waals surface area contributed by atoms with Gasteiger partial charge in [0, 0.05) is 23.2 Å². The summed E-state index contributed by atoms with van der Waals surface area (Å²) in [6, 6.07) is 7.00. The maximum atomic E-state index is 12.1. The van der Waals surface area contributed by atoms with Crippen molar-refractivity contribution in [3.8, 4) is 0 Å². The lowest BCUT2D eigenvalue weighted by molar-refractivity contribution is 0.0955. The van der Waals surface area contributed by atoms with Gasteiger partial charge >= 0.3 is 0 Å². The van der Waals surface area contributed by atoms with E-state index >= 15 is 0 Å². The molecule has 0 atom stereocenters. The lowest BCUT2D eigenvalue weighted by Crippen LogP contribution is -2.22. The van der Waals surface area contributed by atoms with E-state index in [-0.39, 0.29) is 11.8 Å². The highest BCUT2D eigenvalue weighted by atomic mass is 79.9. The summed E-state index contributed by atoms with van der Waals surface area (Å²) >= 11 is 4.80. The molecule has 4 nitrogen and oxygen atoms in total. The smallest absolute Gasteiger partial charge is 0.256 e. The van der Waals surface area contributed by atoms with Gasteiger partial charge in [0.15, 0.2) is 0 Å². The number of hydrogen-bond donors (Lipinski definition) is 2. The molecule has 0 spiro atoms. The summed E-state index contributed by atoms with van der Waals surface area (Å²) in [6.45, 7) is 4.32. The van der Waals surface area contributed by atoms with Crippen LogP contribution in [0.4, 0.5) is 5.69 Å². The number of nitrogens with one attached hydrogen (secondary N) is 2. The van der Waals surface area contributed by atoms with E-state index in [4.69, 9.17) is 0 Å². The minimum atomic E-state index is -0.161. The lowest BCUT2D eigenvalue weighted by Gasteiger charge is -2.09. The zero-order chi connectivity index (χ0) is 15.4. The molecule has 0 aliphatic carbocycles. The fourth-order valence-electron chi connectivity index (χ4n) is 1.83. The van der Waals surface area contributed by atoms with Gasteiger partial charge in [-0.15, -0.1) is 11.3 Å². The molecular formula is C15H15BrN2O2S. The first-order valence-electron chi connectivity index (χ1n) is 6.45. The Morgan fingerprint density at radius 3 is 2.52 bits per heavy atom. The van der Waals surface area contributed by atoms with Crippen LogP contribution in [-0.2, 0) is 0 Å². The predicted molar refractivity (Wildman–Crippen MR) is 89.2 cm³/mol. The Kier molecular flexibility index (Phi) is 5.14. The molecule has 110 valence electrons. The zero-order valence-electron chi connectivity index (χ0n) is 11.7. The van der Waals surface area contributed by atoms with Crippen molar-refractivity contribution < 1.29 is 9.59 Å². The summed E-state index contributed by atoms with van der Waals surface area (Å²) in [5.74, 6) is -0.272. The average molecular weight is 367 g/mol. The summed E-state index contributed by atoms with van der Waals surface area (Å²) in [5.41, 5.74) is 2.75. The summed E-state index contributed by atoms with van der Waals surface area (Å²) in [5, 5.41) is 7.39. The van der Waals surface area contributed by atoms with Gasteiger partial charge in [-0.3, -0.25) is 9.59 Å². The minimum Gasteiger partial charge on any atom is -0.352 e. The number of carbonyl (C=O) groups excluding carboxylic acids is 2. The number of amides is 2. The SMILES string of the molecule is CCNC(=O)c1ccc(NC(=O)c2csc(Br)c2)c(C)c1. The monoisotopic (exact) mass is 366 g/mol. The van der Waals surface area contributed by atoms with Crippen LogP contribution in [0.5, 0.6) is 0 Å². The van der Waals surface area contributed by atoms with Crippen LogP contribution in [0.15, 0.2) is 33.4 Å². The number of halogens is 1. The topological polar surface area (TPSA) is 58.2 Å². The molecule has 1 aromatic heterocycles. The van der Waals surface area contributed by atoms with E-state index in [1.165, 1.54) is 11.3 Å². The Bertz CT molecular complexity index is 682. The Hall–Kier alpha value is -1.66. The predicted octanol–water partition coefficient (Wildman–Crippen LogP) is 3.82. The van der Waals surface area contributed by atoms with Gasteiger partial charge in [-0.05, 0) is 59.6 Å². The number of carbonyl (C=O) groups is 2. The van der Waals surface area contributed by atoms with Crippen LogP contribution < -0.4 is 10.6 Å².